The van der Waals surface area contributed by atoms with Gasteiger partial charge in [-0.2, -0.15) is 0 Å². The molecule has 434 valence electrons. The van der Waals surface area contributed by atoms with Crippen molar-refractivity contribution in [1.29, 1.82) is 0 Å². The molecule has 3 unspecified atom stereocenters. The van der Waals surface area contributed by atoms with Crippen LogP contribution in [0.3, 0.4) is 0 Å². The summed E-state index contributed by atoms with van der Waals surface area (Å²) in [7, 11) is 1.45. The van der Waals surface area contributed by atoms with Gasteiger partial charge < -0.3 is 19.4 Å². The zero-order valence-corrected chi connectivity index (χ0v) is 50.4. The van der Waals surface area contributed by atoms with Crippen LogP contribution in [-0.4, -0.2) is 74.3 Å². The Labute approximate surface area is 463 Å². The number of rotatable bonds is 55. The fourth-order valence-corrected chi connectivity index (χ4v) is 9.29. The summed E-state index contributed by atoms with van der Waals surface area (Å²) in [5, 5.41) is 3.02. The van der Waals surface area contributed by atoms with E-state index in [0.29, 0.717) is 17.4 Å². The van der Waals surface area contributed by atoms with Gasteiger partial charge in [0.05, 0.1) is 33.8 Å². The van der Waals surface area contributed by atoms with E-state index < -0.39 is 20.0 Å². The number of esters is 1. The highest BCUT2D eigenvalue weighted by molar-refractivity contribution is 7.47. The van der Waals surface area contributed by atoms with E-state index in [-0.39, 0.29) is 37.9 Å². The summed E-state index contributed by atoms with van der Waals surface area (Å²) < 4.78 is 30.7. The van der Waals surface area contributed by atoms with Gasteiger partial charge in [-0.3, -0.25) is 18.6 Å². The molecule has 10 heteroatoms. The molecule has 0 bridgehead atoms. The third-order valence-corrected chi connectivity index (χ3v) is 14.3. The standard InChI is InChI=1S/C65H117N2O7P/c1-7-10-13-16-19-22-25-28-30-32-33-35-37-40-43-46-49-52-55-58-65(69)74-63(56-53-50-47-44-41-38-27-24-21-18-15-12-9-3)62(61-73-75(70,71)72-60-59-67(4,5)6)66-64(68)57-54-51-48-45-42-39-36-34-31-29-26-23-20-17-14-11-8-2/h11,14,20,23,28-31,36,39,45,48,53,56,62-63H,7-10,12-13,15-19,21-22,24-27,32-35,37-38,40-44,46-47,49-52,54-55,57-61H2,1-6H3,(H-,66,68,70,71)/p+1/b14-11-,23-20-,30-28+,31-29-,39-36-,48-45-,56-53+. The summed E-state index contributed by atoms with van der Waals surface area (Å²) >= 11 is 0. The molecule has 0 heterocycles. The van der Waals surface area contributed by atoms with Crippen molar-refractivity contribution >= 4 is 19.7 Å². The van der Waals surface area contributed by atoms with Gasteiger partial charge in [0.25, 0.3) is 0 Å². The predicted molar refractivity (Wildman–Crippen MR) is 323 cm³/mol. The number of phosphoric acid groups is 1. The van der Waals surface area contributed by atoms with Crippen LogP contribution < -0.4 is 5.32 Å². The molecule has 2 N–H and O–H groups in total. The van der Waals surface area contributed by atoms with Gasteiger partial charge in [0, 0.05) is 12.8 Å². The number of hydrogen-bond acceptors (Lipinski definition) is 6. The lowest BCUT2D eigenvalue weighted by atomic mass is 10.0. The maximum atomic E-state index is 13.5. The average Bonchev–Trinajstić information content (AvgIpc) is 3.37. The number of nitrogens with one attached hydrogen (secondary N) is 1. The van der Waals surface area contributed by atoms with Crippen molar-refractivity contribution in [3.63, 3.8) is 0 Å². The number of phosphoric ester groups is 1. The Bertz CT molecular complexity index is 1560. The second-order valence-electron chi connectivity index (χ2n) is 21.8. The molecule has 3 atom stereocenters. The SMILES string of the molecule is CC/C=C\C/C=C\C/C=C\C/C=C\C/C=C\CCCC(=O)NC(COP(=O)(O)OCC[N+](C)(C)C)C(/C=C/CCCCCCCCCCCCC)OC(=O)CCCCCCCCCCC/C=C/CCCCCCCC. The molecule has 0 aliphatic heterocycles. The summed E-state index contributed by atoms with van der Waals surface area (Å²) in [5.74, 6) is -0.575. The minimum absolute atomic E-state index is 0.0264. The largest absolute Gasteiger partial charge is 0.472 e. The first-order chi connectivity index (χ1) is 36.4. The maximum absolute atomic E-state index is 13.5. The van der Waals surface area contributed by atoms with Gasteiger partial charge in [-0.1, -0.05) is 241 Å². The fraction of sp³-hybridized carbons (Fsp3) is 0.754. The molecule has 0 aliphatic rings. The number of allylic oxidation sites excluding steroid dienone is 13. The number of nitrogens with zero attached hydrogens (tertiary/aromatic N) is 1. The van der Waals surface area contributed by atoms with Gasteiger partial charge in [0.1, 0.15) is 19.3 Å². The van der Waals surface area contributed by atoms with Crippen molar-refractivity contribution in [3.8, 4) is 0 Å². The Hall–Kier alpha value is -2.81. The van der Waals surface area contributed by atoms with E-state index in [4.69, 9.17) is 13.8 Å². The zero-order valence-electron chi connectivity index (χ0n) is 49.5. The van der Waals surface area contributed by atoms with Crippen LogP contribution in [0.4, 0.5) is 0 Å². The van der Waals surface area contributed by atoms with Crippen LogP contribution in [0.2, 0.25) is 0 Å². The van der Waals surface area contributed by atoms with Crippen molar-refractivity contribution in [2.75, 3.05) is 40.9 Å². The summed E-state index contributed by atoms with van der Waals surface area (Å²) in [6.45, 7) is 6.85. The smallest absolute Gasteiger partial charge is 0.456 e. The molecule has 0 aromatic heterocycles. The molecule has 0 rings (SSSR count). The first kappa shape index (κ1) is 72.2. The van der Waals surface area contributed by atoms with E-state index in [2.05, 4.69) is 99.0 Å². The molecule has 0 aromatic rings. The molecule has 0 saturated carbocycles. The highest BCUT2D eigenvalue weighted by Crippen LogP contribution is 2.43. The Balaban J connectivity index is 5.38. The Kier molecular flexibility index (Phi) is 52.5. The van der Waals surface area contributed by atoms with Gasteiger partial charge >= 0.3 is 13.8 Å². The van der Waals surface area contributed by atoms with Crippen LogP contribution in [0.25, 0.3) is 0 Å². The third kappa shape index (κ3) is 55.7. The Morgan fingerprint density at radius 1 is 0.480 bits per heavy atom. The van der Waals surface area contributed by atoms with Crippen molar-refractivity contribution in [1.82, 2.24) is 5.32 Å². The van der Waals surface area contributed by atoms with Crippen LogP contribution in [0, 0.1) is 0 Å². The second-order valence-corrected chi connectivity index (χ2v) is 23.3. The van der Waals surface area contributed by atoms with Gasteiger partial charge in [-0.15, -0.1) is 0 Å². The van der Waals surface area contributed by atoms with E-state index in [9.17, 15) is 19.0 Å². The summed E-state index contributed by atoms with van der Waals surface area (Å²) in [6.07, 6.45) is 71.6. The normalized spacial score (nSPS) is 14.3. The van der Waals surface area contributed by atoms with Crippen LogP contribution in [0.5, 0.6) is 0 Å². The minimum atomic E-state index is -4.47. The van der Waals surface area contributed by atoms with Crippen molar-refractivity contribution < 1.29 is 37.3 Å². The Morgan fingerprint density at radius 3 is 1.32 bits per heavy atom. The molecule has 0 aliphatic carbocycles. The lowest BCUT2D eigenvalue weighted by Crippen LogP contribution is -2.47. The van der Waals surface area contributed by atoms with Gasteiger partial charge in [0.15, 0.2) is 0 Å². The predicted octanol–water partition coefficient (Wildman–Crippen LogP) is 19.0. The first-order valence-electron chi connectivity index (χ1n) is 30.9. The number of ether oxygens (including phenoxy) is 1. The topological polar surface area (TPSA) is 111 Å². The molecule has 75 heavy (non-hydrogen) atoms. The van der Waals surface area contributed by atoms with Gasteiger partial charge in [-0.05, 0) is 96.0 Å². The minimum Gasteiger partial charge on any atom is -0.456 e. The molecular weight excluding hydrogens is 952 g/mol. The lowest BCUT2D eigenvalue weighted by Gasteiger charge is -2.27. The number of carbonyl (C=O) groups is 2. The molecule has 0 saturated heterocycles. The number of unbranched alkanes of at least 4 members (excludes halogenated alkanes) is 27. The fourth-order valence-electron chi connectivity index (χ4n) is 8.56. The Morgan fingerprint density at radius 2 is 0.867 bits per heavy atom. The summed E-state index contributed by atoms with van der Waals surface area (Å²) in [6, 6.07) is -0.882. The third-order valence-electron chi connectivity index (χ3n) is 13.3. The highest BCUT2D eigenvalue weighted by atomic mass is 31.2. The first-order valence-corrected chi connectivity index (χ1v) is 32.4. The molecule has 9 nitrogen and oxygen atoms in total. The van der Waals surface area contributed by atoms with Crippen LogP contribution in [-0.2, 0) is 27.9 Å². The lowest BCUT2D eigenvalue weighted by molar-refractivity contribution is -0.870. The van der Waals surface area contributed by atoms with E-state index in [1.54, 1.807) is 0 Å². The van der Waals surface area contributed by atoms with Crippen LogP contribution in [0.1, 0.15) is 265 Å². The number of likely N-dealkylation sites (N-methyl/N-ethyl adjacent to an activating group) is 1. The van der Waals surface area contributed by atoms with Crippen LogP contribution in [0.15, 0.2) is 85.1 Å². The quantitative estimate of drug-likeness (QED) is 0.0205. The molecule has 0 radical (unpaired) electrons. The second kappa shape index (κ2) is 54.5. The molecule has 1 amide bonds. The summed E-state index contributed by atoms with van der Waals surface area (Å²) in [5.41, 5.74) is 0. The van der Waals surface area contributed by atoms with E-state index in [1.165, 1.54) is 148 Å². The molecule has 0 spiro atoms. The molecule has 0 fully saturated rings. The summed E-state index contributed by atoms with van der Waals surface area (Å²) in [4.78, 5) is 37.7. The van der Waals surface area contributed by atoms with Gasteiger partial charge in [-0.25, -0.2) is 4.57 Å². The monoisotopic (exact) mass is 1070 g/mol. The highest BCUT2D eigenvalue weighted by Gasteiger charge is 2.30. The van der Waals surface area contributed by atoms with Crippen molar-refractivity contribution in [2.24, 2.45) is 0 Å². The van der Waals surface area contributed by atoms with E-state index in [1.807, 2.05) is 33.3 Å². The number of carbonyl (C=O) groups excluding carboxylic acids is 2. The van der Waals surface area contributed by atoms with Crippen LogP contribution >= 0.6 is 7.82 Å². The molecule has 0 aromatic carbocycles. The maximum Gasteiger partial charge on any atom is 0.472 e. The van der Waals surface area contributed by atoms with Crippen molar-refractivity contribution in [3.05, 3.63) is 85.1 Å². The number of hydrogen-bond donors (Lipinski definition) is 2. The average molecular weight is 1070 g/mol. The van der Waals surface area contributed by atoms with E-state index >= 15 is 0 Å². The number of amides is 1. The van der Waals surface area contributed by atoms with Gasteiger partial charge in [0.2, 0.25) is 5.91 Å². The zero-order chi connectivity index (χ0) is 55.0. The van der Waals surface area contributed by atoms with E-state index in [0.717, 1.165) is 77.0 Å². The molecular formula is C65H118N2O7P+. The van der Waals surface area contributed by atoms with Crippen molar-refractivity contribution in [2.45, 2.75) is 277 Å². The number of quaternary nitrogens is 1.